The van der Waals surface area contributed by atoms with E-state index in [1.807, 2.05) is 24.3 Å². The summed E-state index contributed by atoms with van der Waals surface area (Å²) in [6.45, 7) is 8.24. The lowest BCUT2D eigenvalue weighted by atomic mass is 9.86. The number of aliphatic hydroxyl groups is 1. The summed E-state index contributed by atoms with van der Waals surface area (Å²) in [5, 5.41) is 10.5. The molecular weight excluding hydrogens is 326 g/mol. The van der Waals surface area contributed by atoms with Gasteiger partial charge in [0.25, 0.3) is 0 Å². The number of fused-ring (bicyclic) bond motifs is 1. The fraction of sp³-hybridized carbons (Fsp3) is 0.455. The SMILES string of the molecule is COc1ccc(OCC(O)CN2CCc3ccccc32)c(C(C)(C)C)c1. The first kappa shape index (κ1) is 18.6. The molecule has 2 aromatic rings. The van der Waals surface area contributed by atoms with Crippen LogP contribution in [0.3, 0.4) is 0 Å². The molecule has 1 unspecified atom stereocenters. The summed E-state index contributed by atoms with van der Waals surface area (Å²) < 4.78 is 11.3. The highest BCUT2D eigenvalue weighted by Gasteiger charge is 2.23. The van der Waals surface area contributed by atoms with Crippen molar-refractivity contribution in [2.24, 2.45) is 0 Å². The number of β-amino-alcohol motifs (C(OH)–C–C–N with tert-alkyl or cyclic N) is 1. The Kier molecular flexibility index (Phi) is 5.42. The van der Waals surface area contributed by atoms with Crippen molar-refractivity contribution in [3.8, 4) is 11.5 Å². The Morgan fingerprint density at radius 1 is 1.15 bits per heavy atom. The second-order valence-electron chi connectivity index (χ2n) is 7.90. The van der Waals surface area contributed by atoms with E-state index in [0.717, 1.165) is 30.0 Å². The van der Waals surface area contributed by atoms with Crippen LogP contribution in [0.5, 0.6) is 11.5 Å². The summed E-state index contributed by atoms with van der Waals surface area (Å²) in [5.74, 6) is 1.62. The molecule has 0 bridgehead atoms. The van der Waals surface area contributed by atoms with Gasteiger partial charge in [0.2, 0.25) is 0 Å². The molecule has 0 aliphatic carbocycles. The minimum absolute atomic E-state index is 0.0667. The zero-order valence-electron chi connectivity index (χ0n) is 16.2. The van der Waals surface area contributed by atoms with E-state index >= 15 is 0 Å². The van der Waals surface area contributed by atoms with E-state index in [1.54, 1.807) is 7.11 Å². The van der Waals surface area contributed by atoms with Crippen molar-refractivity contribution in [1.29, 1.82) is 0 Å². The van der Waals surface area contributed by atoms with Crippen molar-refractivity contribution in [3.63, 3.8) is 0 Å². The first-order valence-corrected chi connectivity index (χ1v) is 9.20. The molecule has 140 valence electrons. The molecule has 0 spiro atoms. The smallest absolute Gasteiger partial charge is 0.123 e. The van der Waals surface area contributed by atoms with Gasteiger partial charge in [0, 0.05) is 24.3 Å². The zero-order chi connectivity index (χ0) is 18.7. The van der Waals surface area contributed by atoms with Crippen LogP contribution in [0.4, 0.5) is 5.69 Å². The summed E-state index contributed by atoms with van der Waals surface area (Å²) in [6, 6.07) is 14.2. The van der Waals surface area contributed by atoms with Gasteiger partial charge in [0.15, 0.2) is 0 Å². The molecular formula is C22H29NO3. The second-order valence-corrected chi connectivity index (χ2v) is 7.90. The maximum absolute atomic E-state index is 10.5. The molecule has 4 nitrogen and oxygen atoms in total. The summed E-state index contributed by atoms with van der Waals surface area (Å²) in [4.78, 5) is 2.24. The average molecular weight is 355 g/mol. The Hall–Kier alpha value is -2.20. The third-order valence-electron chi connectivity index (χ3n) is 4.84. The van der Waals surface area contributed by atoms with Crippen LogP contribution >= 0.6 is 0 Å². The number of rotatable bonds is 6. The van der Waals surface area contributed by atoms with Gasteiger partial charge in [-0.05, 0) is 41.7 Å². The standard InChI is InChI=1S/C22H29NO3/c1-22(2,3)19-13-18(25-4)9-10-21(19)26-15-17(24)14-23-12-11-16-7-5-6-8-20(16)23/h5-10,13,17,24H,11-12,14-15H2,1-4H3. The maximum Gasteiger partial charge on any atom is 0.123 e. The number of ether oxygens (including phenoxy) is 2. The van der Waals surface area contributed by atoms with Crippen molar-refractivity contribution in [2.75, 3.05) is 31.7 Å². The summed E-state index contributed by atoms with van der Waals surface area (Å²) in [6.07, 6.45) is 0.493. The highest BCUT2D eigenvalue weighted by atomic mass is 16.5. The number of anilines is 1. The topological polar surface area (TPSA) is 41.9 Å². The molecule has 0 aromatic heterocycles. The fourth-order valence-corrected chi connectivity index (χ4v) is 3.44. The number of nitrogens with zero attached hydrogens (tertiary/aromatic N) is 1. The quantitative estimate of drug-likeness (QED) is 0.856. The molecule has 0 saturated carbocycles. The van der Waals surface area contributed by atoms with Gasteiger partial charge in [0.05, 0.1) is 7.11 Å². The lowest BCUT2D eigenvalue weighted by Gasteiger charge is -2.26. The van der Waals surface area contributed by atoms with Crippen LogP contribution in [0.2, 0.25) is 0 Å². The first-order valence-electron chi connectivity index (χ1n) is 9.20. The molecule has 0 radical (unpaired) electrons. The van der Waals surface area contributed by atoms with Crippen LogP contribution in [0.25, 0.3) is 0 Å². The molecule has 1 aliphatic heterocycles. The van der Waals surface area contributed by atoms with Crippen LogP contribution in [-0.4, -0.2) is 38.0 Å². The minimum atomic E-state index is -0.545. The lowest BCUT2D eigenvalue weighted by Crippen LogP contribution is -2.34. The van der Waals surface area contributed by atoms with Crippen LogP contribution in [0.1, 0.15) is 31.9 Å². The molecule has 0 amide bonds. The van der Waals surface area contributed by atoms with Crippen LogP contribution in [0.15, 0.2) is 42.5 Å². The number of benzene rings is 2. The van der Waals surface area contributed by atoms with E-state index in [0.29, 0.717) is 6.54 Å². The molecule has 3 rings (SSSR count). The molecule has 0 fully saturated rings. The maximum atomic E-state index is 10.5. The van der Waals surface area contributed by atoms with Crippen molar-refractivity contribution in [1.82, 2.24) is 0 Å². The summed E-state index contributed by atoms with van der Waals surface area (Å²) >= 11 is 0. The summed E-state index contributed by atoms with van der Waals surface area (Å²) in [5.41, 5.74) is 3.59. The van der Waals surface area contributed by atoms with Crippen molar-refractivity contribution >= 4 is 5.69 Å². The normalized spacial score (nSPS) is 14.9. The number of para-hydroxylation sites is 1. The predicted molar refractivity (Wildman–Crippen MR) is 106 cm³/mol. The summed E-state index contributed by atoms with van der Waals surface area (Å²) in [7, 11) is 1.67. The highest BCUT2D eigenvalue weighted by Crippen LogP contribution is 2.34. The number of hydrogen-bond donors (Lipinski definition) is 1. The molecule has 26 heavy (non-hydrogen) atoms. The fourth-order valence-electron chi connectivity index (χ4n) is 3.44. The molecule has 4 heteroatoms. The lowest BCUT2D eigenvalue weighted by molar-refractivity contribution is 0.111. The number of methoxy groups -OCH3 is 1. The van der Waals surface area contributed by atoms with E-state index in [4.69, 9.17) is 9.47 Å². The third kappa shape index (κ3) is 4.13. The average Bonchev–Trinajstić information content (AvgIpc) is 3.02. The second kappa shape index (κ2) is 7.58. The van der Waals surface area contributed by atoms with Crippen molar-refractivity contribution in [2.45, 2.75) is 38.7 Å². The molecule has 1 aliphatic rings. The Bertz CT molecular complexity index is 751. The Labute approximate surface area is 156 Å². The van der Waals surface area contributed by atoms with Crippen LogP contribution < -0.4 is 14.4 Å². The van der Waals surface area contributed by atoms with Gasteiger partial charge in [-0.2, -0.15) is 0 Å². The van der Waals surface area contributed by atoms with Gasteiger partial charge in [-0.25, -0.2) is 0 Å². The molecule has 1 N–H and O–H groups in total. The van der Waals surface area contributed by atoms with E-state index in [-0.39, 0.29) is 12.0 Å². The number of hydrogen-bond acceptors (Lipinski definition) is 4. The van der Waals surface area contributed by atoms with Crippen LogP contribution in [0, 0.1) is 0 Å². The van der Waals surface area contributed by atoms with E-state index < -0.39 is 6.10 Å². The highest BCUT2D eigenvalue weighted by molar-refractivity contribution is 5.57. The third-order valence-corrected chi connectivity index (χ3v) is 4.84. The van der Waals surface area contributed by atoms with Gasteiger partial charge < -0.3 is 19.5 Å². The molecule has 0 saturated heterocycles. The van der Waals surface area contributed by atoms with Gasteiger partial charge in [-0.1, -0.05) is 39.0 Å². The molecule has 2 aromatic carbocycles. The van der Waals surface area contributed by atoms with Crippen LogP contribution in [-0.2, 0) is 11.8 Å². The van der Waals surface area contributed by atoms with Gasteiger partial charge in [-0.3, -0.25) is 0 Å². The molecule has 1 atom stereocenters. The molecule has 1 heterocycles. The Morgan fingerprint density at radius 2 is 1.92 bits per heavy atom. The zero-order valence-corrected chi connectivity index (χ0v) is 16.2. The van der Waals surface area contributed by atoms with Gasteiger partial charge >= 0.3 is 0 Å². The monoisotopic (exact) mass is 355 g/mol. The van der Waals surface area contributed by atoms with E-state index in [1.165, 1.54) is 11.3 Å². The minimum Gasteiger partial charge on any atom is -0.497 e. The van der Waals surface area contributed by atoms with Gasteiger partial charge in [-0.15, -0.1) is 0 Å². The predicted octanol–water partition coefficient (Wildman–Crippen LogP) is 3.80. The number of aliphatic hydroxyl groups excluding tert-OH is 1. The van der Waals surface area contributed by atoms with E-state index in [9.17, 15) is 5.11 Å². The Balaban J connectivity index is 1.64. The Morgan fingerprint density at radius 3 is 2.65 bits per heavy atom. The van der Waals surface area contributed by atoms with Crippen molar-refractivity contribution < 1.29 is 14.6 Å². The van der Waals surface area contributed by atoms with Gasteiger partial charge in [0.1, 0.15) is 24.2 Å². The first-order chi connectivity index (χ1) is 12.4. The van der Waals surface area contributed by atoms with Crippen molar-refractivity contribution in [3.05, 3.63) is 53.6 Å². The van der Waals surface area contributed by atoms with E-state index in [2.05, 4.69) is 43.9 Å². The largest absolute Gasteiger partial charge is 0.497 e.